The van der Waals surface area contributed by atoms with Crippen molar-refractivity contribution in [2.75, 3.05) is 12.1 Å². The Morgan fingerprint density at radius 1 is 1.25 bits per heavy atom. The molecule has 108 valence electrons. The van der Waals surface area contributed by atoms with E-state index >= 15 is 0 Å². The summed E-state index contributed by atoms with van der Waals surface area (Å²) in [6, 6.07) is 7.08. The van der Waals surface area contributed by atoms with Gasteiger partial charge in [0.1, 0.15) is 5.75 Å². The molecule has 0 bridgehead atoms. The number of ether oxygens (including phenoxy) is 1. The lowest BCUT2D eigenvalue weighted by Crippen LogP contribution is -2.50. The normalized spacial score (nSPS) is 23.2. The molecule has 2 aromatic rings. The number of benzene rings is 1. The Hall–Kier alpha value is -1.49. The average molecular weight is 291 g/mol. The number of imidazole rings is 1. The molecule has 0 saturated carbocycles. The van der Waals surface area contributed by atoms with E-state index in [0.29, 0.717) is 12.1 Å². The first-order chi connectivity index (χ1) is 9.61. The first kappa shape index (κ1) is 13.5. The van der Waals surface area contributed by atoms with Gasteiger partial charge in [-0.25, -0.2) is 4.68 Å². The number of methoxy groups -OCH3 is 1. The van der Waals surface area contributed by atoms with Gasteiger partial charge in [-0.2, -0.15) is 0 Å². The van der Waals surface area contributed by atoms with E-state index in [2.05, 4.69) is 34.6 Å². The molecule has 0 spiro atoms. The van der Waals surface area contributed by atoms with E-state index < -0.39 is 0 Å². The second kappa shape index (κ2) is 5.13. The highest BCUT2D eigenvalue weighted by Crippen LogP contribution is 2.26. The predicted molar refractivity (Wildman–Crippen MR) is 84.7 cm³/mol. The molecule has 1 aromatic heterocycles. The van der Waals surface area contributed by atoms with Crippen LogP contribution in [0.25, 0.3) is 11.0 Å². The van der Waals surface area contributed by atoms with Crippen LogP contribution in [-0.4, -0.2) is 28.9 Å². The number of aromatic nitrogens is 2. The molecule has 2 heterocycles. The van der Waals surface area contributed by atoms with Crippen molar-refractivity contribution in [1.29, 1.82) is 0 Å². The maximum absolute atomic E-state index is 5.54. The SMILES string of the molecule is COc1ccc2c(c1)[nH]c(=S)n2N1C(C)CCCC1C. The zero-order valence-corrected chi connectivity index (χ0v) is 13.0. The fraction of sp³-hybridized carbons (Fsp3) is 0.533. The van der Waals surface area contributed by atoms with Gasteiger partial charge in [0, 0.05) is 18.2 Å². The summed E-state index contributed by atoms with van der Waals surface area (Å²) in [5.41, 5.74) is 2.15. The summed E-state index contributed by atoms with van der Waals surface area (Å²) in [6.07, 6.45) is 3.73. The zero-order valence-electron chi connectivity index (χ0n) is 12.2. The first-order valence-electron chi connectivity index (χ1n) is 7.19. The molecule has 0 amide bonds. The second-order valence-corrected chi connectivity index (χ2v) is 6.02. The maximum Gasteiger partial charge on any atom is 0.197 e. The van der Waals surface area contributed by atoms with Gasteiger partial charge in [-0.15, -0.1) is 0 Å². The van der Waals surface area contributed by atoms with E-state index in [4.69, 9.17) is 17.0 Å². The minimum atomic E-state index is 0.506. The Balaban J connectivity index is 2.15. The van der Waals surface area contributed by atoms with Crippen LogP contribution in [0.3, 0.4) is 0 Å². The van der Waals surface area contributed by atoms with Crippen LogP contribution in [0.15, 0.2) is 18.2 Å². The highest BCUT2D eigenvalue weighted by atomic mass is 32.1. The van der Waals surface area contributed by atoms with Crippen molar-refractivity contribution in [2.24, 2.45) is 0 Å². The van der Waals surface area contributed by atoms with Crippen LogP contribution in [-0.2, 0) is 0 Å². The fourth-order valence-electron chi connectivity index (χ4n) is 3.24. The van der Waals surface area contributed by atoms with E-state index in [9.17, 15) is 0 Å². The van der Waals surface area contributed by atoms with Crippen molar-refractivity contribution in [3.63, 3.8) is 0 Å². The summed E-state index contributed by atoms with van der Waals surface area (Å²) in [4.78, 5) is 3.30. The van der Waals surface area contributed by atoms with Crippen molar-refractivity contribution in [3.05, 3.63) is 23.0 Å². The molecule has 2 unspecified atom stereocenters. The third-order valence-electron chi connectivity index (χ3n) is 4.24. The molecule has 0 aliphatic carbocycles. The van der Waals surface area contributed by atoms with Crippen molar-refractivity contribution in [2.45, 2.75) is 45.2 Å². The Labute approximate surface area is 124 Å². The van der Waals surface area contributed by atoms with E-state index in [1.54, 1.807) is 7.11 Å². The Kier molecular flexibility index (Phi) is 3.46. The molecule has 1 fully saturated rings. The number of H-pyrrole nitrogens is 1. The van der Waals surface area contributed by atoms with Crippen LogP contribution < -0.4 is 9.75 Å². The Bertz CT molecular complexity index is 665. The van der Waals surface area contributed by atoms with Crippen LogP contribution in [0.1, 0.15) is 33.1 Å². The summed E-state index contributed by atoms with van der Waals surface area (Å²) in [6.45, 7) is 4.56. The van der Waals surface area contributed by atoms with Gasteiger partial charge in [-0.1, -0.05) is 0 Å². The van der Waals surface area contributed by atoms with Crippen molar-refractivity contribution in [1.82, 2.24) is 9.66 Å². The lowest BCUT2D eigenvalue weighted by atomic mass is 10.00. The largest absolute Gasteiger partial charge is 0.497 e. The number of nitrogens with zero attached hydrogens (tertiary/aromatic N) is 2. The minimum absolute atomic E-state index is 0.506. The summed E-state index contributed by atoms with van der Waals surface area (Å²) in [7, 11) is 1.68. The molecule has 1 saturated heterocycles. The number of fused-ring (bicyclic) bond motifs is 1. The molecular weight excluding hydrogens is 270 g/mol. The van der Waals surface area contributed by atoms with E-state index in [0.717, 1.165) is 21.6 Å². The molecule has 1 aliphatic heterocycles. The molecule has 1 N–H and O–H groups in total. The second-order valence-electron chi connectivity index (χ2n) is 5.63. The highest BCUT2D eigenvalue weighted by Gasteiger charge is 2.26. The zero-order chi connectivity index (χ0) is 14.3. The predicted octanol–water partition coefficient (Wildman–Crippen LogP) is 3.61. The molecule has 3 rings (SSSR count). The molecule has 5 heteroatoms. The van der Waals surface area contributed by atoms with Crippen LogP contribution in [0.4, 0.5) is 0 Å². The molecule has 1 aromatic carbocycles. The highest BCUT2D eigenvalue weighted by molar-refractivity contribution is 7.71. The number of hydrogen-bond acceptors (Lipinski definition) is 3. The smallest absolute Gasteiger partial charge is 0.197 e. The lowest BCUT2D eigenvalue weighted by Gasteiger charge is -2.41. The average Bonchev–Trinajstić information content (AvgIpc) is 2.74. The van der Waals surface area contributed by atoms with Gasteiger partial charge < -0.3 is 14.7 Å². The number of nitrogens with one attached hydrogen (secondary N) is 1. The van der Waals surface area contributed by atoms with E-state index in [1.807, 2.05) is 12.1 Å². The molecule has 0 radical (unpaired) electrons. The van der Waals surface area contributed by atoms with Crippen LogP contribution >= 0.6 is 12.2 Å². The molecular formula is C15H21N3OS. The number of piperidine rings is 1. The van der Waals surface area contributed by atoms with Gasteiger partial charge in [0.15, 0.2) is 4.77 Å². The van der Waals surface area contributed by atoms with Crippen LogP contribution in [0, 0.1) is 4.77 Å². The number of rotatable bonds is 2. The Morgan fingerprint density at radius 2 is 1.95 bits per heavy atom. The van der Waals surface area contributed by atoms with Gasteiger partial charge in [0.25, 0.3) is 0 Å². The number of hydrogen-bond donors (Lipinski definition) is 1. The number of aromatic amines is 1. The van der Waals surface area contributed by atoms with Gasteiger partial charge in [0.05, 0.1) is 18.1 Å². The molecule has 4 nitrogen and oxygen atoms in total. The Morgan fingerprint density at radius 3 is 2.60 bits per heavy atom. The first-order valence-corrected chi connectivity index (χ1v) is 7.60. The molecule has 20 heavy (non-hydrogen) atoms. The third-order valence-corrected chi connectivity index (χ3v) is 4.52. The van der Waals surface area contributed by atoms with Gasteiger partial charge in [-0.05, 0) is 57.5 Å². The summed E-state index contributed by atoms with van der Waals surface area (Å²) < 4.78 is 8.21. The van der Waals surface area contributed by atoms with Crippen LogP contribution in [0.2, 0.25) is 0 Å². The quantitative estimate of drug-likeness (QED) is 0.858. The summed E-state index contributed by atoms with van der Waals surface area (Å²) >= 11 is 5.54. The molecule has 2 atom stereocenters. The standard InChI is InChI=1S/C15H21N3OS/c1-10-5-4-6-11(2)17(10)18-14-8-7-12(19-3)9-13(14)16-15(18)20/h7-11H,4-6H2,1-3H3,(H,16,20). The van der Waals surface area contributed by atoms with E-state index in [1.165, 1.54) is 19.3 Å². The topological polar surface area (TPSA) is 33.2 Å². The maximum atomic E-state index is 5.54. The van der Waals surface area contributed by atoms with Gasteiger partial charge in [-0.3, -0.25) is 0 Å². The van der Waals surface area contributed by atoms with E-state index in [-0.39, 0.29) is 0 Å². The van der Waals surface area contributed by atoms with Crippen molar-refractivity contribution >= 4 is 23.3 Å². The fourth-order valence-corrected chi connectivity index (χ4v) is 3.54. The van der Waals surface area contributed by atoms with Crippen LogP contribution in [0.5, 0.6) is 5.75 Å². The molecule has 1 aliphatic rings. The van der Waals surface area contributed by atoms with Gasteiger partial charge >= 0.3 is 0 Å². The van der Waals surface area contributed by atoms with Gasteiger partial charge in [0.2, 0.25) is 0 Å². The van der Waals surface area contributed by atoms with Crippen molar-refractivity contribution < 1.29 is 4.74 Å². The monoisotopic (exact) mass is 291 g/mol. The lowest BCUT2D eigenvalue weighted by molar-refractivity contribution is 0.339. The summed E-state index contributed by atoms with van der Waals surface area (Å²) in [5, 5.41) is 2.41. The third kappa shape index (κ3) is 2.10. The minimum Gasteiger partial charge on any atom is -0.497 e. The summed E-state index contributed by atoms with van der Waals surface area (Å²) in [5.74, 6) is 0.848. The van der Waals surface area contributed by atoms with Crippen molar-refractivity contribution in [3.8, 4) is 5.75 Å².